The van der Waals surface area contributed by atoms with Crippen molar-refractivity contribution in [3.8, 4) is 0 Å². The molecule has 1 heterocycles. The van der Waals surface area contributed by atoms with Gasteiger partial charge in [0.25, 0.3) is 0 Å². The van der Waals surface area contributed by atoms with Crippen LogP contribution >= 0.6 is 0 Å². The van der Waals surface area contributed by atoms with Crippen molar-refractivity contribution in [2.24, 2.45) is 0 Å². The van der Waals surface area contributed by atoms with E-state index in [1.54, 1.807) is 0 Å². The summed E-state index contributed by atoms with van der Waals surface area (Å²) in [7, 11) is 0. The molecule has 1 rings (SSSR count). The van der Waals surface area contributed by atoms with E-state index in [-0.39, 0.29) is 0 Å². The van der Waals surface area contributed by atoms with Gasteiger partial charge in [-0.15, -0.1) is 0 Å². The Hall–Kier alpha value is -0.790. The minimum Gasteiger partial charge on any atom is -0.282 e. The Morgan fingerprint density at radius 2 is 2.07 bits per heavy atom. The Morgan fingerprint density at radius 1 is 1.36 bits per heavy atom. The van der Waals surface area contributed by atoms with Crippen molar-refractivity contribution >= 4 is 0 Å². The van der Waals surface area contributed by atoms with Crippen LogP contribution < -0.4 is 0 Å². The fourth-order valence-corrected chi connectivity index (χ4v) is 1.57. The van der Waals surface area contributed by atoms with Crippen molar-refractivity contribution in [2.75, 3.05) is 0 Å². The molecule has 0 amide bonds. The minimum absolute atomic E-state index is 0.526. The van der Waals surface area contributed by atoms with E-state index in [1.165, 1.54) is 30.7 Å². The van der Waals surface area contributed by atoms with Crippen LogP contribution in [-0.2, 0) is 0 Å². The lowest BCUT2D eigenvalue weighted by molar-refractivity contribution is 0.610. The Kier molecular flexibility index (Phi) is 4.18. The maximum Gasteiger partial charge on any atom is 0.0650 e. The normalized spacial score (nSPS) is 13.5. The van der Waals surface area contributed by atoms with Gasteiger partial charge in [0.05, 0.1) is 5.69 Å². The topological polar surface area (TPSA) is 28.7 Å². The zero-order chi connectivity index (χ0) is 10.6. The molecule has 0 bridgehead atoms. The summed E-state index contributed by atoms with van der Waals surface area (Å²) < 4.78 is 0. The summed E-state index contributed by atoms with van der Waals surface area (Å²) in [4.78, 5) is 0. The molecule has 0 aliphatic rings. The molecule has 1 unspecified atom stereocenters. The molecule has 1 N–H and O–H groups in total. The van der Waals surface area contributed by atoms with Gasteiger partial charge in [0.15, 0.2) is 0 Å². The van der Waals surface area contributed by atoms with Crippen LogP contribution in [0.4, 0.5) is 0 Å². The number of aromatic amines is 1. The first kappa shape index (κ1) is 11.3. The first-order chi connectivity index (χ1) is 6.65. The Bertz CT molecular complexity index is 263. The minimum atomic E-state index is 0.526. The summed E-state index contributed by atoms with van der Waals surface area (Å²) in [6, 6.07) is 2.21. The van der Waals surface area contributed by atoms with Crippen LogP contribution in [0, 0.1) is 0 Å². The SMILES string of the molecule is CCCCC(C)c1cc(C(C)C)n[nH]1. The third-order valence-corrected chi connectivity index (χ3v) is 2.73. The van der Waals surface area contributed by atoms with Gasteiger partial charge in [-0.3, -0.25) is 5.10 Å². The van der Waals surface area contributed by atoms with E-state index in [9.17, 15) is 0 Å². The van der Waals surface area contributed by atoms with E-state index in [1.807, 2.05) is 0 Å². The summed E-state index contributed by atoms with van der Waals surface area (Å²) in [5.41, 5.74) is 2.48. The van der Waals surface area contributed by atoms with Crippen LogP contribution in [0.5, 0.6) is 0 Å². The smallest absolute Gasteiger partial charge is 0.0650 e. The standard InChI is InChI=1S/C12H22N2/c1-5-6-7-10(4)12-8-11(9(2)3)13-14-12/h8-10H,5-7H2,1-4H3,(H,13,14). The highest BCUT2D eigenvalue weighted by molar-refractivity contribution is 5.14. The van der Waals surface area contributed by atoms with Gasteiger partial charge in [0, 0.05) is 5.69 Å². The maximum absolute atomic E-state index is 4.32. The van der Waals surface area contributed by atoms with Crippen LogP contribution in [0.2, 0.25) is 0 Å². The lowest BCUT2D eigenvalue weighted by Crippen LogP contribution is -1.93. The van der Waals surface area contributed by atoms with Crippen LogP contribution in [0.25, 0.3) is 0 Å². The highest BCUT2D eigenvalue weighted by atomic mass is 15.1. The second-order valence-electron chi connectivity index (χ2n) is 4.45. The number of nitrogens with one attached hydrogen (secondary N) is 1. The Balaban J connectivity index is 2.57. The van der Waals surface area contributed by atoms with Gasteiger partial charge in [-0.2, -0.15) is 5.10 Å². The zero-order valence-corrected chi connectivity index (χ0v) is 9.80. The summed E-state index contributed by atoms with van der Waals surface area (Å²) in [6.07, 6.45) is 3.84. The molecular formula is C12H22N2. The lowest BCUT2D eigenvalue weighted by atomic mass is 10.00. The second kappa shape index (κ2) is 5.18. The quantitative estimate of drug-likeness (QED) is 0.758. The summed E-state index contributed by atoms with van der Waals surface area (Å²) in [6.45, 7) is 8.86. The molecule has 0 aliphatic heterocycles. The van der Waals surface area contributed by atoms with Gasteiger partial charge in [-0.25, -0.2) is 0 Å². The first-order valence-electron chi connectivity index (χ1n) is 5.70. The molecule has 0 saturated heterocycles. The van der Waals surface area contributed by atoms with Crippen molar-refractivity contribution in [3.63, 3.8) is 0 Å². The highest BCUT2D eigenvalue weighted by Crippen LogP contribution is 2.22. The molecule has 14 heavy (non-hydrogen) atoms. The van der Waals surface area contributed by atoms with E-state index in [0.29, 0.717) is 11.8 Å². The van der Waals surface area contributed by atoms with Crippen LogP contribution in [0.15, 0.2) is 6.07 Å². The average Bonchev–Trinajstić information content (AvgIpc) is 2.62. The van der Waals surface area contributed by atoms with Crippen molar-refractivity contribution in [3.05, 3.63) is 17.5 Å². The predicted octanol–water partition coefficient (Wildman–Crippen LogP) is 3.83. The van der Waals surface area contributed by atoms with Gasteiger partial charge < -0.3 is 0 Å². The predicted molar refractivity (Wildman–Crippen MR) is 60.6 cm³/mol. The molecule has 0 aromatic carbocycles. The molecule has 1 atom stereocenters. The van der Waals surface area contributed by atoms with E-state index >= 15 is 0 Å². The molecule has 80 valence electrons. The monoisotopic (exact) mass is 194 g/mol. The van der Waals surface area contributed by atoms with Crippen molar-refractivity contribution in [2.45, 2.75) is 58.8 Å². The molecular weight excluding hydrogens is 172 g/mol. The number of rotatable bonds is 5. The molecule has 0 radical (unpaired) electrons. The van der Waals surface area contributed by atoms with E-state index in [4.69, 9.17) is 0 Å². The fraction of sp³-hybridized carbons (Fsp3) is 0.750. The van der Waals surface area contributed by atoms with E-state index in [2.05, 4.69) is 44.0 Å². The van der Waals surface area contributed by atoms with Gasteiger partial charge in [0.1, 0.15) is 0 Å². The Morgan fingerprint density at radius 3 is 2.57 bits per heavy atom. The van der Waals surface area contributed by atoms with Gasteiger partial charge in [0.2, 0.25) is 0 Å². The number of aromatic nitrogens is 2. The van der Waals surface area contributed by atoms with Crippen molar-refractivity contribution < 1.29 is 0 Å². The maximum atomic E-state index is 4.32. The number of hydrogen-bond donors (Lipinski definition) is 1. The average molecular weight is 194 g/mol. The second-order valence-corrected chi connectivity index (χ2v) is 4.45. The Labute approximate surface area is 87.1 Å². The fourth-order valence-electron chi connectivity index (χ4n) is 1.57. The number of unbranched alkanes of at least 4 members (excludes halogenated alkanes) is 1. The van der Waals surface area contributed by atoms with Crippen LogP contribution in [0.3, 0.4) is 0 Å². The van der Waals surface area contributed by atoms with Gasteiger partial charge >= 0.3 is 0 Å². The molecule has 0 aliphatic carbocycles. The summed E-state index contributed by atoms with van der Waals surface area (Å²) in [5.74, 6) is 1.15. The molecule has 0 saturated carbocycles. The van der Waals surface area contributed by atoms with Crippen LogP contribution in [0.1, 0.15) is 70.2 Å². The molecule has 2 nitrogen and oxygen atoms in total. The van der Waals surface area contributed by atoms with E-state index in [0.717, 1.165) is 0 Å². The lowest BCUT2D eigenvalue weighted by Gasteiger charge is -2.06. The molecule has 1 aromatic rings. The van der Waals surface area contributed by atoms with Crippen LogP contribution in [-0.4, -0.2) is 10.2 Å². The summed E-state index contributed by atoms with van der Waals surface area (Å²) >= 11 is 0. The third-order valence-electron chi connectivity index (χ3n) is 2.73. The largest absolute Gasteiger partial charge is 0.282 e. The molecule has 0 fully saturated rings. The first-order valence-corrected chi connectivity index (χ1v) is 5.70. The molecule has 2 heteroatoms. The van der Waals surface area contributed by atoms with Gasteiger partial charge in [-0.05, 0) is 24.3 Å². The third kappa shape index (κ3) is 2.86. The molecule has 0 spiro atoms. The van der Waals surface area contributed by atoms with Crippen molar-refractivity contribution in [1.82, 2.24) is 10.2 Å². The molecule has 1 aromatic heterocycles. The zero-order valence-electron chi connectivity index (χ0n) is 9.80. The van der Waals surface area contributed by atoms with Crippen molar-refractivity contribution in [1.29, 1.82) is 0 Å². The van der Waals surface area contributed by atoms with E-state index < -0.39 is 0 Å². The number of H-pyrrole nitrogens is 1. The number of hydrogen-bond acceptors (Lipinski definition) is 1. The summed E-state index contributed by atoms with van der Waals surface area (Å²) in [5, 5.41) is 7.47. The highest BCUT2D eigenvalue weighted by Gasteiger charge is 2.10. The van der Waals surface area contributed by atoms with Gasteiger partial charge in [-0.1, -0.05) is 40.5 Å². The number of nitrogens with zero attached hydrogens (tertiary/aromatic N) is 1.